The monoisotopic (exact) mass is 244 g/mol. The average Bonchev–Trinajstić information content (AvgIpc) is 3.07. The third-order valence-electron chi connectivity index (χ3n) is 3.68. The molecule has 1 fully saturated rings. The molecule has 4 heteroatoms. The number of rotatable bonds is 5. The summed E-state index contributed by atoms with van der Waals surface area (Å²) in [5, 5.41) is 7.94. The van der Waals surface area contributed by atoms with E-state index < -0.39 is 0 Å². The van der Waals surface area contributed by atoms with Crippen molar-refractivity contribution in [1.29, 1.82) is 0 Å². The van der Waals surface area contributed by atoms with Crippen LogP contribution in [0.5, 0.6) is 0 Å². The Bertz CT molecular complexity index is 542. The normalized spacial score (nSPS) is 17.2. The Labute approximate surface area is 107 Å². The summed E-state index contributed by atoms with van der Waals surface area (Å²) in [6.45, 7) is 5.34. The molecule has 1 saturated carbocycles. The SMILES string of the molecule is CCNC(Cc1cc(C)cc2ncnn12)C1CC1. The van der Waals surface area contributed by atoms with Crippen molar-refractivity contribution in [3.8, 4) is 0 Å². The summed E-state index contributed by atoms with van der Waals surface area (Å²) in [4.78, 5) is 4.29. The first-order chi connectivity index (χ1) is 8.78. The van der Waals surface area contributed by atoms with Crippen LogP contribution in [-0.2, 0) is 6.42 Å². The summed E-state index contributed by atoms with van der Waals surface area (Å²) in [5.74, 6) is 0.851. The summed E-state index contributed by atoms with van der Waals surface area (Å²) < 4.78 is 1.97. The predicted octanol–water partition coefficient (Wildman–Crippen LogP) is 1.97. The molecule has 1 atom stereocenters. The van der Waals surface area contributed by atoms with Gasteiger partial charge in [0.2, 0.25) is 0 Å². The number of fused-ring (bicyclic) bond motifs is 1. The first-order valence-electron chi connectivity index (χ1n) is 6.80. The second-order valence-corrected chi connectivity index (χ2v) is 5.26. The fraction of sp³-hybridized carbons (Fsp3) is 0.571. The van der Waals surface area contributed by atoms with Gasteiger partial charge in [-0.3, -0.25) is 0 Å². The molecular weight excluding hydrogens is 224 g/mol. The van der Waals surface area contributed by atoms with Gasteiger partial charge < -0.3 is 5.32 Å². The lowest BCUT2D eigenvalue weighted by Crippen LogP contribution is -2.33. The predicted molar refractivity (Wildman–Crippen MR) is 71.6 cm³/mol. The van der Waals surface area contributed by atoms with Gasteiger partial charge in [-0.05, 0) is 49.9 Å². The Morgan fingerprint density at radius 1 is 1.44 bits per heavy atom. The van der Waals surface area contributed by atoms with Crippen molar-refractivity contribution < 1.29 is 0 Å². The lowest BCUT2D eigenvalue weighted by molar-refractivity contribution is 0.464. The number of nitrogens with zero attached hydrogens (tertiary/aromatic N) is 3. The first-order valence-corrected chi connectivity index (χ1v) is 6.80. The maximum atomic E-state index is 4.33. The van der Waals surface area contributed by atoms with E-state index in [9.17, 15) is 0 Å². The summed E-state index contributed by atoms with van der Waals surface area (Å²) in [5.41, 5.74) is 3.48. The smallest absolute Gasteiger partial charge is 0.155 e. The largest absolute Gasteiger partial charge is 0.314 e. The molecule has 1 aliphatic carbocycles. The Balaban J connectivity index is 1.90. The maximum Gasteiger partial charge on any atom is 0.155 e. The van der Waals surface area contributed by atoms with Crippen LogP contribution in [0.3, 0.4) is 0 Å². The zero-order chi connectivity index (χ0) is 12.5. The highest BCUT2D eigenvalue weighted by Crippen LogP contribution is 2.34. The van der Waals surface area contributed by atoms with Crippen molar-refractivity contribution in [3.05, 3.63) is 29.7 Å². The Morgan fingerprint density at radius 2 is 2.28 bits per heavy atom. The standard InChI is InChI=1S/C14H20N4/c1-3-15-13(11-4-5-11)8-12-6-10(2)7-14-16-9-17-18(12)14/h6-7,9,11,13,15H,3-5,8H2,1-2H3. The number of aryl methyl sites for hydroxylation is 1. The molecular formula is C14H20N4. The second kappa shape index (κ2) is 4.69. The molecule has 2 aromatic rings. The minimum Gasteiger partial charge on any atom is -0.314 e. The Kier molecular flexibility index (Phi) is 3.04. The van der Waals surface area contributed by atoms with E-state index in [-0.39, 0.29) is 0 Å². The molecule has 2 heterocycles. The van der Waals surface area contributed by atoms with Gasteiger partial charge in [0.25, 0.3) is 0 Å². The third kappa shape index (κ3) is 2.25. The lowest BCUT2D eigenvalue weighted by atomic mass is 10.0. The molecule has 96 valence electrons. The van der Waals surface area contributed by atoms with Gasteiger partial charge in [0, 0.05) is 18.2 Å². The van der Waals surface area contributed by atoms with Crippen LogP contribution >= 0.6 is 0 Å². The fourth-order valence-electron chi connectivity index (χ4n) is 2.68. The van der Waals surface area contributed by atoms with Crippen LogP contribution < -0.4 is 5.32 Å². The summed E-state index contributed by atoms with van der Waals surface area (Å²) in [7, 11) is 0. The molecule has 2 aromatic heterocycles. The number of nitrogens with one attached hydrogen (secondary N) is 1. The molecule has 0 bridgehead atoms. The van der Waals surface area contributed by atoms with Gasteiger partial charge in [-0.15, -0.1) is 0 Å². The van der Waals surface area contributed by atoms with E-state index in [4.69, 9.17) is 0 Å². The minimum absolute atomic E-state index is 0.587. The van der Waals surface area contributed by atoms with E-state index >= 15 is 0 Å². The van der Waals surface area contributed by atoms with E-state index in [0.29, 0.717) is 6.04 Å². The number of aromatic nitrogens is 3. The lowest BCUT2D eigenvalue weighted by Gasteiger charge is -2.18. The molecule has 1 aliphatic rings. The highest BCUT2D eigenvalue weighted by molar-refractivity contribution is 5.41. The number of likely N-dealkylation sites (N-methyl/N-ethyl adjacent to an activating group) is 1. The summed E-state index contributed by atoms with van der Waals surface area (Å²) >= 11 is 0. The Hall–Kier alpha value is -1.42. The van der Waals surface area contributed by atoms with Gasteiger partial charge in [0.05, 0.1) is 0 Å². The second-order valence-electron chi connectivity index (χ2n) is 5.26. The van der Waals surface area contributed by atoms with Gasteiger partial charge in [-0.2, -0.15) is 5.10 Å². The molecule has 3 rings (SSSR count). The third-order valence-corrected chi connectivity index (χ3v) is 3.68. The molecule has 0 spiro atoms. The summed E-state index contributed by atoms with van der Waals surface area (Å²) in [6, 6.07) is 4.90. The number of hydrogen-bond acceptors (Lipinski definition) is 3. The number of pyridine rings is 1. The molecule has 18 heavy (non-hydrogen) atoms. The van der Waals surface area contributed by atoms with E-state index in [1.807, 2.05) is 4.52 Å². The van der Waals surface area contributed by atoms with Gasteiger partial charge in [0.1, 0.15) is 6.33 Å². The van der Waals surface area contributed by atoms with Gasteiger partial charge in [-0.25, -0.2) is 9.50 Å². The molecule has 0 saturated heterocycles. The zero-order valence-electron chi connectivity index (χ0n) is 11.1. The number of hydrogen-bond donors (Lipinski definition) is 1. The molecule has 0 aromatic carbocycles. The van der Waals surface area contributed by atoms with Crippen LogP contribution in [-0.4, -0.2) is 27.2 Å². The van der Waals surface area contributed by atoms with Crippen molar-refractivity contribution >= 4 is 5.65 Å². The van der Waals surface area contributed by atoms with Crippen LogP contribution in [0.2, 0.25) is 0 Å². The molecule has 0 aliphatic heterocycles. The Morgan fingerprint density at radius 3 is 3.00 bits per heavy atom. The fourth-order valence-corrected chi connectivity index (χ4v) is 2.68. The van der Waals surface area contributed by atoms with Crippen molar-refractivity contribution in [2.75, 3.05) is 6.54 Å². The molecule has 0 amide bonds. The average molecular weight is 244 g/mol. The molecule has 1 N–H and O–H groups in total. The van der Waals surface area contributed by atoms with Crippen LogP contribution in [0.4, 0.5) is 0 Å². The van der Waals surface area contributed by atoms with Crippen molar-refractivity contribution in [2.24, 2.45) is 5.92 Å². The highest BCUT2D eigenvalue weighted by atomic mass is 15.3. The summed E-state index contributed by atoms with van der Waals surface area (Å²) in [6.07, 6.45) is 5.41. The van der Waals surface area contributed by atoms with Crippen molar-refractivity contribution in [2.45, 2.75) is 39.2 Å². The maximum absolute atomic E-state index is 4.33. The first kappa shape index (κ1) is 11.7. The van der Waals surface area contributed by atoms with E-state index in [1.165, 1.54) is 24.1 Å². The van der Waals surface area contributed by atoms with Crippen molar-refractivity contribution in [1.82, 2.24) is 19.9 Å². The van der Waals surface area contributed by atoms with Gasteiger partial charge >= 0.3 is 0 Å². The zero-order valence-corrected chi connectivity index (χ0v) is 11.1. The molecule has 1 unspecified atom stereocenters. The topological polar surface area (TPSA) is 42.2 Å². The van der Waals surface area contributed by atoms with Crippen LogP contribution in [0.15, 0.2) is 18.5 Å². The highest BCUT2D eigenvalue weighted by Gasteiger charge is 2.31. The molecule has 0 radical (unpaired) electrons. The van der Waals surface area contributed by atoms with Crippen molar-refractivity contribution in [3.63, 3.8) is 0 Å². The molecule has 4 nitrogen and oxygen atoms in total. The van der Waals surface area contributed by atoms with E-state index in [2.05, 4.69) is 41.4 Å². The van der Waals surface area contributed by atoms with E-state index in [1.54, 1.807) is 6.33 Å². The van der Waals surface area contributed by atoms with Crippen LogP contribution in [0.1, 0.15) is 31.0 Å². The van der Waals surface area contributed by atoms with Crippen LogP contribution in [0.25, 0.3) is 5.65 Å². The van der Waals surface area contributed by atoms with Crippen LogP contribution in [0, 0.1) is 12.8 Å². The van der Waals surface area contributed by atoms with Gasteiger partial charge in [0.15, 0.2) is 5.65 Å². The van der Waals surface area contributed by atoms with Gasteiger partial charge in [-0.1, -0.05) is 6.92 Å². The van der Waals surface area contributed by atoms with E-state index in [0.717, 1.165) is 24.5 Å². The minimum atomic E-state index is 0.587. The quantitative estimate of drug-likeness (QED) is 0.874.